The van der Waals surface area contributed by atoms with E-state index in [-0.39, 0.29) is 68.5 Å². The number of hydrogen-bond acceptors (Lipinski definition) is 1. The first kappa shape index (κ1) is 22.7. The van der Waals surface area contributed by atoms with E-state index in [0.717, 1.165) is 12.8 Å². The fourth-order valence-electron chi connectivity index (χ4n) is 0.425. The van der Waals surface area contributed by atoms with Crippen LogP contribution in [-0.2, 0) is 4.79 Å². The molecule has 0 fully saturated rings. The maximum atomic E-state index is 10.2. The molecule has 0 saturated heterocycles. The Morgan fingerprint density at radius 1 is 1.45 bits per heavy atom. The molecule has 0 aliphatic carbocycles. The van der Waals surface area contributed by atoms with Crippen LogP contribution >= 0.6 is 0 Å². The van der Waals surface area contributed by atoms with E-state index in [1.165, 1.54) is 0 Å². The molecule has 11 heavy (non-hydrogen) atoms. The van der Waals surface area contributed by atoms with Crippen LogP contribution in [0.4, 0.5) is 0 Å². The Bertz CT molecular complexity index is 119. The number of halogens is 2. The van der Waals surface area contributed by atoms with Crippen molar-refractivity contribution in [1.82, 2.24) is 0 Å². The molecule has 0 heterocycles. The van der Waals surface area contributed by atoms with Crippen LogP contribution in [0.3, 0.4) is 0 Å². The Morgan fingerprint density at radius 2 is 1.82 bits per heavy atom. The summed E-state index contributed by atoms with van der Waals surface area (Å²) in [4.78, 5) is 10.2. The van der Waals surface area contributed by atoms with Gasteiger partial charge in [0.2, 0.25) is 5.91 Å². The summed E-state index contributed by atoms with van der Waals surface area (Å²) in [6.07, 6.45) is 1.65. The van der Waals surface area contributed by atoms with Crippen LogP contribution in [0.15, 0.2) is 12.2 Å². The quantitative estimate of drug-likeness (QED) is 0.377. The van der Waals surface area contributed by atoms with E-state index in [0.29, 0.717) is 5.57 Å². The van der Waals surface area contributed by atoms with Gasteiger partial charge in [-0.15, -0.1) is 0 Å². The summed E-state index contributed by atoms with van der Waals surface area (Å²) in [6.45, 7) is 5.45. The van der Waals surface area contributed by atoms with E-state index < -0.39 is 0 Å². The molecule has 0 atom stereocenters. The zero-order chi connectivity index (χ0) is 6.57. The minimum atomic E-state index is -0.383. The molecule has 0 aromatic heterocycles. The molecule has 0 aromatic carbocycles. The maximum absolute atomic E-state index is 10.2. The Kier molecular flexibility index (Phi) is 28.1. The number of carbonyl (C=O) groups is 1. The SMILES string of the molecule is C=C(CCC)C(N)=O.[Ca+2].[Cl-].[Cl-]. The third-order valence-corrected chi connectivity index (χ3v) is 0.900. The summed E-state index contributed by atoms with van der Waals surface area (Å²) < 4.78 is 0. The number of rotatable bonds is 3. The second-order valence-electron chi connectivity index (χ2n) is 1.72. The van der Waals surface area contributed by atoms with Gasteiger partial charge in [-0.3, -0.25) is 4.79 Å². The molecule has 0 rings (SSSR count). The van der Waals surface area contributed by atoms with Gasteiger partial charge in [0.15, 0.2) is 0 Å². The largest absolute Gasteiger partial charge is 2.00 e. The second-order valence-corrected chi connectivity index (χ2v) is 1.72. The predicted molar refractivity (Wildman–Crippen MR) is 39.0 cm³/mol. The van der Waals surface area contributed by atoms with Gasteiger partial charge in [-0.1, -0.05) is 19.9 Å². The predicted octanol–water partition coefficient (Wildman–Crippen LogP) is -5.54. The third-order valence-electron chi connectivity index (χ3n) is 0.900. The monoisotopic (exact) mass is 223 g/mol. The van der Waals surface area contributed by atoms with E-state index in [1.807, 2.05) is 6.92 Å². The van der Waals surface area contributed by atoms with Crippen molar-refractivity contribution in [3.05, 3.63) is 12.2 Å². The summed E-state index contributed by atoms with van der Waals surface area (Å²) in [5, 5.41) is 0. The fourth-order valence-corrected chi connectivity index (χ4v) is 0.425. The van der Waals surface area contributed by atoms with Gasteiger partial charge in [-0.05, 0) is 6.42 Å². The van der Waals surface area contributed by atoms with Gasteiger partial charge in [0.05, 0.1) is 0 Å². The van der Waals surface area contributed by atoms with Crippen molar-refractivity contribution in [2.75, 3.05) is 0 Å². The van der Waals surface area contributed by atoms with Crippen LogP contribution in [0.2, 0.25) is 0 Å². The number of amides is 1. The van der Waals surface area contributed by atoms with Crippen molar-refractivity contribution in [3.63, 3.8) is 0 Å². The molecule has 0 bridgehead atoms. The first-order valence-electron chi connectivity index (χ1n) is 2.66. The molecule has 2 nitrogen and oxygen atoms in total. The average Bonchev–Trinajstić information content (AvgIpc) is 1.67. The van der Waals surface area contributed by atoms with Gasteiger partial charge in [0.1, 0.15) is 0 Å². The van der Waals surface area contributed by atoms with Crippen LogP contribution in [0.25, 0.3) is 0 Å². The van der Waals surface area contributed by atoms with Gasteiger partial charge in [0.25, 0.3) is 0 Å². The van der Waals surface area contributed by atoms with Crippen molar-refractivity contribution in [1.29, 1.82) is 0 Å². The zero-order valence-corrected chi connectivity index (χ0v) is 10.3. The van der Waals surface area contributed by atoms with Crippen molar-refractivity contribution in [2.24, 2.45) is 5.73 Å². The van der Waals surface area contributed by atoms with Crippen LogP contribution in [0, 0.1) is 0 Å². The van der Waals surface area contributed by atoms with Crippen molar-refractivity contribution in [2.45, 2.75) is 19.8 Å². The Hall–Kier alpha value is 1.05. The van der Waals surface area contributed by atoms with Gasteiger partial charge < -0.3 is 30.5 Å². The molecule has 2 N–H and O–H groups in total. The number of nitrogens with two attached hydrogens (primary N) is 1. The third kappa shape index (κ3) is 14.0. The summed E-state index contributed by atoms with van der Waals surface area (Å²) in [7, 11) is 0. The molecular weight excluding hydrogens is 213 g/mol. The molecule has 0 saturated carbocycles. The molecule has 0 unspecified atom stereocenters. The molecule has 0 aromatic rings. The minimum Gasteiger partial charge on any atom is -1.00 e. The Morgan fingerprint density at radius 3 is 1.91 bits per heavy atom. The van der Waals surface area contributed by atoms with Gasteiger partial charge in [-0.25, -0.2) is 0 Å². The van der Waals surface area contributed by atoms with Crippen molar-refractivity contribution in [3.8, 4) is 0 Å². The van der Waals surface area contributed by atoms with Crippen LogP contribution in [-0.4, -0.2) is 43.6 Å². The molecular formula is C6H11CaCl2NO. The average molecular weight is 224 g/mol. The van der Waals surface area contributed by atoms with E-state index in [1.54, 1.807) is 0 Å². The topological polar surface area (TPSA) is 43.1 Å². The van der Waals surface area contributed by atoms with E-state index in [2.05, 4.69) is 6.58 Å². The molecule has 0 aliphatic rings. The fraction of sp³-hybridized carbons (Fsp3) is 0.500. The van der Waals surface area contributed by atoms with Crippen molar-refractivity contribution >= 4 is 43.6 Å². The minimum absolute atomic E-state index is 0. The molecule has 0 aliphatic heterocycles. The molecule has 1 amide bonds. The molecule has 0 radical (unpaired) electrons. The van der Waals surface area contributed by atoms with Crippen LogP contribution in [0.1, 0.15) is 19.8 Å². The number of primary amides is 1. The Labute approximate surface area is 110 Å². The number of carbonyl (C=O) groups excluding carboxylic acids is 1. The summed E-state index contributed by atoms with van der Waals surface area (Å²) in [5.41, 5.74) is 5.40. The van der Waals surface area contributed by atoms with Gasteiger partial charge in [0, 0.05) is 5.57 Å². The Balaban J connectivity index is -0.0000000817. The normalized spacial score (nSPS) is 6.27. The first-order chi connectivity index (χ1) is 3.68. The van der Waals surface area contributed by atoms with Crippen LogP contribution in [0.5, 0.6) is 0 Å². The van der Waals surface area contributed by atoms with Crippen molar-refractivity contribution < 1.29 is 29.6 Å². The summed E-state index contributed by atoms with van der Waals surface area (Å²) in [6, 6.07) is 0. The standard InChI is InChI=1S/C6H11NO.Ca.2ClH/c1-3-4-5(2)6(7)8;;;/h2-4H2,1H3,(H2,7,8);;2*1H/q;+2;;/p-2. The van der Waals surface area contributed by atoms with Crippen LogP contribution < -0.4 is 30.5 Å². The smallest absolute Gasteiger partial charge is 1.00 e. The zero-order valence-electron chi connectivity index (χ0n) is 6.57. The second kappa shape index (κ2) is 13.6. The number of hydrogen-bond donors (Lipinski definition) is 1. The van der Waals surface area contributed by atoms with Gasteiger partial charge >= 0.3 is 37.7 Å². The summed E-state index contributed by atoms with van der Waals surface area (Å²) >= 11 is 0. The molecule has 5 heteroatoms. The summed E-state index contributed by atoms with van der Waals surface area (Å²) in [5.74, 6) is -0.383. The molecule has 0 spiro atoms. The van der Waals surface area contributed by atoms with Gasteiger partial charge in [-0.2, -0.15) is 0 Å². The van der Waals surface area contributed by atoms with E-state index in [4.69, 9.17) is 5.73 Å². The molecule has 62 valence electrons. The first-order valence-corrected chi connectivity index (χ1v) is 2.66. The van der Waals surface area contributed by atoms with E-state index >= 15 is 0 Å². The maximum Gasteiger partial charge on any atom is 2.00 e. The van der Waals surface area contributed by atoms with E-state index in [9.17, 15) is 4.79 Å².